The first-order valence-corrected chi connectivity index (χ1v) is 10.6. The molecule has 2 rings (SSSR count). The molecule has 0 aromatic heterocycles. The van der Waals surface area contributed by atoms with Gasteiger partial charge in [-0.05, 0) is 17.5 Å². The van der Waals surface area contributed by atoms with Crippen LogP contribution >= 0.6 is 11.8 Å². The standard InChI is InChI=1S/C21H23NO4S.C2H4O2/c1-16(23)27-15-19(12-17-8-4-2-5-9-17)21(25)22-13-20(24)26-14-18-10-6-3-7-11-18;1-2(3)4/h2-11,19H,12-15H2,1H3,(H,22,25);1H3,(H,3,4). The Bertz CT molecular complexity index is 838. The van der Waals surface area contributed by atoms with Crippen LogP contribution in [-0.4, -0.2) is 40.4 Å². The Hall–Kier alpha value is -3.13. The monoisotopic (exact) mass is 445 g/mol. The maximum Gasteiger partial charge on any atom is 0.325 e. The number of thioether (sulfide) groups is 1. The third kappa shape index (κ3) is 12.9. The smallest absolute Gasteiger partial charge is 0.325 e. The zero-order chi connectivity index (χ0) is 23.1. The fourth-order valence-electron chi connectivity index (χ4n) is 2.44. The van der Waals surface area contributed by atoms with E-state index in [4.69, 9.17) is 14.6 Å². The molecule has 0 saturated carbocycles. The number of amides is 1. The van der Waals surface area contributed by atoms with Crippen LogP contribution in [0.3, 0.4) is 0 Å². The lowest BCUT2D eigenvalue weighted by atomic mass is 10.0. The minimum atomic E-state index is -0.833. The van der Waals surface area contributed by atoms with Crippen LogP contribution in [-0.2, 0) is 36.9 Å². The lowest BCUT2D eigenvalue weighted by molar-refractivity contribution is -0.145. The van der Waals surface area contributed by atoms with E-state index in [9.17, 15) is 14.4 Å². The first kappa shape index (κ1) is 25.9. The van der Waals surface area contributed by atoms with Gasteiger partial charge in [0.05, 0.1) is 5.92 Å². The second kappa shape index (κ2) is 14.8. The summed E-state index contributed by atoms with van der Waals surface area (Å²) in [6, 6.07) is 18.9. The van der Waals surface area contributed by atoms with Crippen molar-refractivity contribution in [2.45, 2.75) is 26.9 Å². The summed E-state index contributed by atoms with van der Waals surface area (Å²) in [4.78, 5) is 44.6. The third-order valence-electron chi connectivity index (χ3n) is 3.83. The van der Waals surface area contributed by atoms with Crippen molar-refractivity contribution in [2.75, 3.05) is 12.3 Å². The predicted molar refractivity (Wildman–Crippen MR) is 119 cm³/mol. The van der Waals surface area contributed by atoms with Gasteiger partial charge in [-0.15, -0.1) is 0 Å². The molecule has 8 heteroatoms. The van der Waals surface area contributed by atoms with Crippen molar-refractivity contribution in [1.82, 2.24) is 5.32 Å². The van der Waals surface area contributed by atoms with Crippen LogP contribution in [0, 0.1) is 5.92 Å². The number of benzene rings is 2. The predicted octanol–water partition coefficient (Wildman–Crippen LogP) is 3.08. The van der Waals surface area contributed by atoms with Gasteiger partial charge in [0.15, 0.2) is 5.12 Å². The topological polar surface area (TPSA) is 110 Å². The van der Waals surface area contributed by atoms with Crippen LogP contribution in [0.1, 0.15) is 25.0 Å². The molecule has 0 bridgehead atoms. The highest BCUT2D eigenvalue weighted by molar-refractivity contribution is 8.13. The molecule has 0 aliphatic heterocycles. The molecule has 0 saturated heterocycles. The summed E-state index contributed by atoms with van der Waals surface area (Å²) in [5.74, 6) is -1.62. The molecule has 2 N–H and O–H groups in total. The van der Waals surface area contributed by atoms with Crippen LogP contribution < -0.4 is 5.32 Å². The first-order valence-electron chi connectivity index (χ1n) is 9.62. The number of aliphatic carboxylic acids is 1. The quantitative estimate of drug-likeness (QED) is 0.571. The summed E-state index contributed by atoms with van der Waals surface area (Å²) >= 11 is 1.11. The number of hydrogen-bond donors (Lipinski definition) is 2. The fourth-order valence-corrected chi connectivity index (χ4v) is 3.14. The Morgan fingerprint density at radius 2 is 1.45 bits per heavy atom. The number of carboxylic acid groups (broad SMARTS) is 1. The van der Waals surface area contributed by atoms with E-state index in [0.717, 1.165) is 29.8 Å². The first-order chi connectivity index (χ1) is 14.8. The van der Waals surface area contributed by atoms with E-state index >= 15 is 0 Å². The van der Waals surface area contributed by atoms with E-state index < -0.39 is 17.9 Å². The molecule has 1 atom stereocenters. The zero-order valence-electron chi connectivity index (χ0n) is 17.6. The average Bonchev–Trinajstić information content (AvgIpc) is 2.74. The fraction of sp³-hybridized carbons (Fsp3) is 0.304. The van der Waals surface area contributed by atoms with Crippen molar-refractivity contribution in [3.05, 3.63) is 71.8 Å². The molecule has 0 radical (unpaired) electrons. The van der Waals surface area contributed by atoms with Crippen molar-refractivity contribution < 1.29 is 29.0 Å². The molecule has 0 heterocycles. The van der Waals surface area contributed by atoms with Crippen molar-refractivity contribution >= 4 is 34.7 Å². The molecule has 2 aromatic carbocycles. The summed E-state index contributed by atoms with van der Waals surface area (Å²) in [6.45, 7) is 2.54. The Morgan fingerprint density at radius 1 is 0.935 bits per heavy atom. The van der Waals surface area contributed by atoms with Crippen LogP contribution in [0.2, 0.25) is 0 Å². The van der Waals surface area contributed by atoms with Gasteiger partial charge in [-0.3, -0.25) is 19.2 Å². The Morgan fingerprint density at radius 3 is 1.97 bits per heavy atom. The number of carbonyl (C=O) groups excluding carboxylic acids is 3. The van der Waals surface area contributed by atoms with Crippen LogP contribution in [0.4, 0.5) is 0 Å². The van der Waals surface area contributed by atoms with Gasteiger partial charge in [0, 0.05) is 19.6 Å². The minimum Gasteiger partial charge on any atom is -0.481 e. The SMILES string of the molecule is CC(=O)O.CC(=O)SCC(Cc1ccccc1)C(=O)NCC(=O)OCc1ccccc1. The maximum absolute atomic E-state index is 12.5. The van der Waals surface area contributed by atoms with E-state index in [-0.39, 0.29) is 24.2 Å². The number of carbonyl (C=O) groups is 4. The van der Waals surface area contributed by atoms with Gasteiger partial charge < -0.3 is 15.2 Å². The van der Waals surface area contributed by atoms with Gasteiger partial charge in [-0.2, -0.15) is 0 Å². The molecule has 0 aliphatic carbocycles. The van der Waals surface area contributed by atoms with E-state index in [2.05, 4.69) is 5.32 Å². The zero-order valence-corrected chi connectivity index (χ0v) is 18.4. The third-order valence-corrected chi connectivity index (χ3v) is 4.81. The molecule has 0 aliphatic rings. The summed E-state index contributed by atoms with van der Waals surface area (Å²) in [7, 11) is 0. The van der Waals surface area contributed by atoms with Gasteiger partial charge in [0.25, 0.3) is 5.97 Å². The normalized spacial score (nSPS) is 10.8. The van der Waals surface area contributed by atoms with Crippen LogP contribution in [0.15, 0.2) is 60.7 Å². The van der Waals surface area contributed by atoms with Gasteiger partial charge in [-0.25, -0.2) is 0 Å². The van der Waals surface area contributed by atoms with Crippen molar-refractivity contribution in [3.8, 4) is 0 Å². The van der Waals surface area contributed by atoms with E-state index in [1.54, 1.807) is 0 Å². The van der Waals surface area contributed by atoms with Crippen molar-refractivity contribution in [1.29, 1.82) is 0 Å². The highest BCUT2D eigenvalue weighted by atomic mass is 32.2. The maximum atomic E-state index is 12.5. The van der Waals surface area contributed by atoms with E-state index in [1.165, 1.54) is 6.92 Å². The highest BCUT2D eigenvalue weighted by Crippen LogP contribution is 2.16. The Labute approximate surface area is 186 Å². The molecule has 7 nitrogen and oxygen atoms in total. The minimum absolute atomic E-state index is 0.0388. The molecule has 31 heavy (non-hydrogen) atoms. The highest BCUT2D eigenvalue weighted by Gasteiger charge is 2.21. The largest absolute Gasteiger partial charge is 0.481 e. The number of esters is 1. The van der Waals surface area contributed by atoms with Crippen LogP contribution in [0.25, 0.3) is 0 Å². The lowest BCUT2D eigenvalue weighted by Crippen LogP contribution is -2.37. The van der Waals surface area contributed by atoms with Gasteiger partial charge in [-0.1, -0.05) is 72.4 Å². The second-order valence-electron chi connectivity index (χ2n) is 6.57. The molecule has 2 aromatic rings. The van der Waals surface area contributed by atoms with E-state index in [0.29, 0.717) is 12.2 Å². The molecular formula is C23H27NO6S. The molecular weight excluding hydrogens is 418 g/mol. The van der Waals surface area contributed by atoms with Crippen molar-refractivity contribution in [2.24, 2.45) is 5.92 Å². The summed E-state index contributed by atoms with van der Waals surface area (Å²) in [6.07, 6.45) is 0.506. The molecule has 0 fully saturated rings. The van der Waals surface area contributed by atoms with Gasteiger partial charge in [0.1, 0.15) is 13.2 Å². The molecule has 0 spiro atoms. The lowest BCUT2D eigenvalue weighted by Gasteiger charge is -2.16. The van der Waals surface area contributed by atoms with E-state index in [1.807, 2.05) is 60.7 Å². The summed E-state index contributed by atoms with van der Waals surface area (Å²) < 4.78 is 5.16. The molecule has 1 unspecified atom stereocenters. The number of carboxylic acids is 1. The molecule has 1 amide bonds. The van der Waals surface area contributed by atoms with Gasteiger partial charge >= 0.3 is 5.97 Å². The number of nitrogens with one attached hydrogen (secondary N) is 1. The average molecular weight is 446 g/mol. The second-order valence-corrected chi connectivity index (χ2v) is 7.77. The Balaban J connectivity index is 0.00000110. The summed E-state index contributed by atoms with van der Waals surface area (Å²) in [5, 5.41) is 10.0. The number of rotatable bonds is 9. The van der Waals surface area contributed by atoms with Crippen LogP contribution in [0.5, 0.6) is 0 Å². The number of hydrogen-bond acceptors (Lipinski definition) is 6. The van der Waals surface area contributed by atoms with Gasteiger partial charge in [0.2, 0.25) is 5.91 Å². The Kier molecular flexibility index (Phi) is 12.4. The molecule has 166 valence electrons. The van der Waals surface area contributed by atoms with Crippen molar-refractivity contribution in [3.63, 3.8) is 0 Å². The number of ether oxygens (including phenoxy) is 1. The summed E-state index contributed by atoms with van der Waals surface area (Å²) in [5.41, 5.74) is 1.89.